The van der Waals surface area contributed by atoms with Gasteiger partial charge in [-0.3, -0.25) is 4.79 Å². The van der Waals surface area contributed by atoms with Gasteiger partial charge in [-0.25, -0.2) is 22.0 Å². The minimum absolute atomic E-state index is 0.134. The van der Waals surface area contributed by atoms with Crippen LogP contribution in [0.5, 0.6) is 0 Å². The molecule has 2 aliphatic heterocycles. The van der Waals surface area contributed by atoms with E-state index in [9.17, 15) is 40.0 Å². The van der Waals surface area contributed by atoms with E-state index in [-0.39, 0.29) is 24.2 Å². The molecule has 1 N–H and O–H groups in total. The van der Waals surface area contributed by atoms with Gasteiger partial charge in [0.2, 0.25) is 0 Å². The molecule has 1 spiro atoms. The first-order valence-electron chi connectivity index (χ1n) is 11.0. The lowest BCUT2D eigenvalue weighted by Crippen LogP contribution is -2.45. The summed E-state index contributed by atoms with van der Waals surface area (Å²) in [6.07, 6.45) is 1.71. The van der Waals surface area contributed by atoms with E-state index in [1.807, 2.05) is 0 Å². The molecule has 0 radical (unpaired) electrons. The van der Waals surface area contributed by atoms with Crippen molar-refractivity contribution in [3.05, 3.63) is 59.7 Å². The van der Waals surface area contributed by atoms with Crippen molar-refractivity contribution in [2.24, 2.45) is 5.41 Å². The number of sulfone groups is 1. The van der Waals surface area contributed by atoms with E-state index in [2.05, 4.69) is 5.32 Å². The number of nitrogens with one attached hydrogen (secondary N) is 1. The normalized spacial score (nSPS) is 17.9. The Morgan fingerprint density at radius 3 is 1.92 bits per heavy atom. The molecule has 2 aromatic rings. The summed E-state index contributed by atoms with van der Waals surface area (Å²) in [5.41, 5.74) is -6.15. The molecular formula is C23H22F5N3O4S. The Labute approximate surface area is 203 Å². The minimum Gasteiger partial charge on any atom is -0.338 e. The van der Waals surface area contributed by atoms with Gasteiger partial charge in [0.25, 0.3) is 15.7 Å². The molecule has 2 heterocycles. The Hall–Kier alpha value is -3.22. The van der Waals surface area contributed by atoms with Gasteiger partial charge in [-0.2, -0.15) is 13.2 Å². The predicted octanol–water partition coefficient (Wildman–Crippen LogP) is 4.42. The molecule has 0 bridgehead atoms. The maximum atomic E-state index is 14.0. The summed E-state index contributed by atoms with van der Waals surface area (Å²) in [6.45, 7) is 1.33. The van der Waals surface area contributed by atoms with Gasteiger partial charge in [-0.15, -0.1) is 0 Å². The van der Waals surface area contributed by atoms with Gasteiger partial charge in [-0.05, 0) is 61.1 Å². The number of urea groups is 1. The third kappa shape index (κ3) is 4.88. The van der Waals surface area contributed by atoms with E-state index < -0.39 is 49.4 Å². The van der Waals surface area contributed by atoms with Crippen LogP contribution in [0.4, 0.5) is 32.4 Å². The van der Waals surface area contributed by atoms with Gasteiger partial charge < -0.3 is 15.1 Å². The highest BCUT2D eigenvalue weighted by Gasteiger charge is 2.47. The van der Waals surface area contributed by atoms with Gasteiger partial charge in [-0.1, -0.05) is 6.07 Å². The van der Waals surface area contributed by atoms with Crippen LogP contribution in [0.2, 0.25) is 0 Å². The number of hydrogen-bond acceptors (Lipinski definition) is 4. The molecule has 194 valence electrons. The van der Waals surface area contributed by atoms with E-state index in [0.29, 0.717) is 32.4 Å². The summed E-state index contributed by atoms with van der Waals surface area (Å²) in [5.74, 6) is -2.56. The van der Waals surface area contributed by atoms with Gasteiger partial charge in [0.15, 0.2) is 0 Å². The molecule has 13 heteroatoms. The van der Waals surface area contributed by atoms with Gasteiger partial charge in [0.05, 0.1) is 4.90 Å². The maximum Gasteiger partial charge on any atom is 0.501 e. The second-order valence-electron chi connectivity index (χ2n) is 8.96. The number of carbonyl (C=O) groups is 2. The topological polar surface area (TPSA) is 86.8 Å². The maximum absolute atomic E-state index is 14.0. The zero-order valence-electron chi connectivity index (χ0n) is 18.8. The molecule has 0 aromatic heterocycles. The van der Waals surface area contributed by atoms with Crippen LogP contribution >= 0.6 is 0 Å². The number of alkyl halides is 3. The lowest BCUT2D eigenvalue weighted by Gasteiger charge is -2.39. The van der Waals surface area contributed by atoms with E-state index in [1.165, 1.54) is 15.9 Å². The highest BCUT2D eigenvalue weighted by Crippen LogP contribution is 2.41. The number of anilines is 1. The third-order valence-electron chi connectivity index (χ3n) is 6.73. The standard InChI is InChI=1S/C23H22F5N3O4S/c24-17-2-1-3-18(25)19(17)20(32)30-11-8-22(9-12-30)10-13-31(14-22)21(33)29-15-4-6-16(7-5-15)36(34,35)23(26,27)28/h1-7H,8-14H2,(H,29,33). The Morgan fingerprint density at radius 2 is 1.39 bits per heavy atom. The molecule has 7 nitrogen and oxygen atoms in total. The van der Waals surface area contributed by atoms with Crippen LogP contribution in [0.15, 0.2) is 47.4 Å². The molecule has 2 saturated heterocycles. The molecule has 0 unspecified atom stereocenters. The molecule has 0 saturated carbocycles. The molecule has 0 atom stereocenters. The SMILES string of the molecule is O=C(Nc1ccc(S(=O)(=O)C(F)(F)F)cc1)N1CCC2(CCN(C(=O)c3c(F)cccc3F)CC2)C1. The second-order valence-corrected chi connectivity index (χ2v) is 10.9. The molecular weight excluding hydrogens is 509 g/mol. The largest absolute Gasteiger partial charge is 0.501 e. The summed E-state index contributed by atoms with van der Waals surface area (Å²) >= 11 is 0. The summed E-state index contributed by atoms with van der Waals surface area (Å²) in [7, 11) is -5.48. The average molecular weight is 532 g/mol. The fourth-order valence-electron chi connectivity index (χ4n) is 4.61. The smallest absolute Gasteiger partial charge is 0.338 e. The summed E-state index contributed by atoms with van der Waals surface area (Å²) in [4.78, 5) is 27.3. The minimum atomic E-state index is -5.48. The van der Waals surface area contributed by atoms with Crippen molar-refractivity contribution in [3.8, 4) is 0 Å². The number of halogens is 5. The first-order chi connectivity index (χ1) is 16.8. The van der Waals surface area contributed by atoms with Crippen molar-refractivity contribution in [1.29, 1.82) is 0 Å². The molecule has 2 aromatic carbocycles. The van der Waals surface area contributed by atoms with E-state index in [4.69, 9.17) is 0 Å². The van der Waals surface area contributed by atoms with Crippen LogP contribution in [0.3, 0.4) is 0 Å². The molecule has 36 heavy (non-hydrogen) atoms. The lowest BCUT2D eigenvalue weighted by molar-refractivity contribution is -0.0436. The first-order valence-corrected chi connectivity index (χ1v) is 12.5. The van der Waals surface area contributed by atoms with Crippen molar-refractivity contribution in [2.75, 3.05) is 31.5 Å². The van der Waals surface area contributed by atoms with Crippen molar-refractivity contribution >= 4 is 27.5 Å². The Balaban J connectivity index is 1.34. The van der Waals surface area contributed by atoms with Crippen molar-refractivity contribution in [2.45, 2.75) is 29.7 Å². The van der Waals surface area contributed by atoms with Crippen LogP contribution in [0.1, 0.15) is 29.6 Å². The van der Waals surface area contributed by atoms with Gasteiger partial charge in [0, 0.05) is 31.9 Å². The number of likely N-dealkylation sites (tertiary alicyclic amines) is 2. The summed E-state index contributed by atoms with van der Waals surface area (Å²) in [6, 6.07) is 6.44. The molecule has 2 aliphatic rings. The van der Waals surface area contributed by atoms with E-state index in [1.54, 1.807) is 0 Å². The van der Waals surface area contributed by atoms with Crippen LogP contribution < -0.4 is 5.32 Å². The Kier molecular flexibility index (Phi) is 6.71. The van der Waals surface area contributed by atoms with Crippen LogP contribution in [0, 0.1) is 17.0 Å². The first kappa shape index (κ1) is 25.9. The third-order valence-corrected chi connectivity index (χ3v) is 8.24. The zero-order chi connectivity index (χ0) is 26.3. The van der Waals surface area contributed by atoms with E-state index in [0.717, 1.165) is 36.4 Å². The highest BCUT2D eigenvalue weighted by molar-refractivity contribution is 7.92. The van der Waals surface area contributed by atoms with Crippen molar-refractivity contribution < 1.29 is 40.0 Å². The van der Waals surface area contributed by atoms with E-state index >= 15 is 0 Å². The average Bonchev–Trinajstić information content (AvgIpc) is 3.22. The van der Waals surface area contributed by atoms with Gasteiger partial charge >= 0.3 is 11.5 Å². The van der Waals surface area contributed by atoms with Gasteiger partial charge in [0.1, 0.15) is 17.2 Å². The molecule has 4 rings (SSSR count). The van der Waals surface area contributed by atoms with Crippen molar-refractivity contribution in [1.82, 2.24) is 9.80 Å². The Morgan fingerprint density at radius 1 is 0.861 bits per heavy atom. The van der Waals surface area contributed by atoms with Crippen LogP contribution in [0.25, 0.3) is 0 Å². The molecule has 3 amide bonds. The monoisotopic (exact) mass is 531 g/mol. The second kappa shape index (κ2) is 9.34. The molecule has 0 aliphatic carbocycles. The highest BCUT2D eigenvalue weighted by atomic mass is 32.2. The number of piperidine rings is 1. The number of amides is 3. The van der Waals surface area contributed by atoms with Crippen LogP contribution in [-0.2, 0) is 9.84 Å². The number of nitrogens with zero attached hydrogens (tertiary/aromatic N) is 2. The number of hydrogen-bond donors (Lipinski definition) is 1. The zero-order valence-corrected chi connectivity index (χ0v) is 19.6. The predicted molar refractivity (Wildman–Crippen MR) is 119 cm³/mol. The lowest BCUT2D eigenvalue weighted by atomic mass is 9.77. The molecule has 2 fully saturated rings. The summed E-state index contributed by atoms with van der Waals surface area (Å²) in [5, 5.41) is 2.55. The quantitative estimate of drug-likeness (QED) is 0.595. The van der Waals surface area contributed by atoms with Crippen LogP contribution in [-0.4, -0.2) is 61.8 Å². The summed E-state index contributed by atoms with van der Waals surface area (Å²) < 4.78 is 88.9. The number of carbonyl (C=O) groups excluding carboxylic acids is 2. The number of rotatable bonds is 3. The Bertz CT molecular complexity index is 1250. The van der Waals surface area contributed by atoms with Crippen molar-refractivity contribution in [3.63, 3.8) is 0 Å². The fraction of sp³-hybridized carbons (Fsp3) is 0.391. The fourth-order valence-corrected chi connectivity index (χ4v) is 5.38. The number of benzene rings is 2.